The van der Waals surface area contributed by atoms with E-state index < -0.39 is 0 Å². The first-order chi connectivity index (χ1) is 8.85. The minimum atomic E-state index is -0.0502. The molecular weight excluding hydrogens is 238 g/mol. The molecule has 4 nitrogen and oxygen atoms in total. The molecule has 1 heterocycles. The van der Waals surface area contributed by atoms with Gasteiger partial charge in [-0.15, -0.1) is 0 Å². The van der Waals surface area contributed by atoms with Crippen molar-refractivity contribution < 1.29 is 4.79 Å². The van der Waals surface area contributed by atoms with E-state index in [1.165, 1.54) is 0 Å². The summed E-state index contributed by atoms with van der Waals surface area (Å²) >= 11 is 0. The van der Waals surface area contributed by atoms with Crippen LogP contribution >= 0.6 is 0 Å². The van der Waals surface area contributed by atoms with E-state index in [2.05, 4.69) is 24.1 Å². The molecule has 0 aliphatic heterocycles. The maximum atomic E-state index is 12.1. The Morgan fingerprint density at radius 3 is 2.63 bits per heavy atom. The minimum Gasteiger partial charge on any atom is -0.351 e. The van der Waals surface area contributed by atoms with Gasteiger partial charge in [0.2, 0.25) is 0 Å². The molecule has 0 radical (unpaired) electrons. The van der Waals surface area contributed by atoms with Crippen molar-refractivity contribution in [3.05, 3.63) is 29.1 Å². The molecule has 0 saturated heterocycles. The highest BCUT2D eigenvalue weighted by Crippen LogP contribution is 2.20. The molecule has 0 unspecified atom stereocenters. The van der Waals surface area contributed by atoms with E-state index >= 15 is 0 Å². The van der Waals surface area contributed by atoms with Gasteiger partial charge in [-0.05, 0) is 50.8 Å². The Morgan fingerprint density at radius 1 is 1.37 bits per heavy atom. The zero-order chi connectivity index (χ0) is 14.5. The van der Waals surface area contributed by atoms with Crippen LogP contribution in [0.2, 0.25) is 0 Å². The van der Waals surface area contributed by atoms with Crippen LogP contribution in [0.15, 0.2) is 12.1 Å². The Hall–Kier alpha value is -1.42. The van der Waals surface area contributed by atoms with Crippen molar-refractivity contribution in [2.45, 2.75) is 40.5 Å². The van der Waals surface area contributed by atoms with Gasteiger partial charge >= 0.3 is 0 Å². The average Bonchev–Trinajstić information content (AvgIpc) is 2.34. The second-order valence-electron chi connectivity index (χ2n) is 5.82. The van der Waals surface area contributed by atoms with Crippen molar-refractivity contribution in [2.75, 3.05) is 13.1 Å². The van der Waals surface area contributed by atoms with Gasteiger partial charge in [-0.2, -0.15) is 0 Å². The van der Waals surface area contributed by atoms with Crippen LogP contribution in [-0.2, 0) is 0 Å². The third-order valence-corrected chi connectivity index (χ3v) is 3.25. The monoisotopic (exact) mass is 263 g/mol. The van der Waals surface area contributed by atoms with Crippen LogP contribution in [-0.4, -0.2) is 24.0 Å². The summed E-state index contributed by atoms with van der Waals surface area (Å²) in [4.78, 5) is 16.4. The van der Waals surface area contributed by atoms with Crippen molar-refractivity contribution in [2.24, 2.45) is 11.1 Å². The third-order valence-electron chi connectivity index (χ3n) is 3.25. The van der Waals surface area contributed by atoms with Crippen molar-refractivity contribution >= 4 is 5.91 Å². The predicted molar refractivity (Wildman–Crippen MR) is 78.1 cm³/mol. The fourth-order valence-electron chi connectivity index (χ4n) is 2.01. The zero-order valence-electron chi connectivity index (χ0n) is 12.4. The number of rotatable bonds is 6. The molecule has 0 bridgehead atoms. The number of carbonyl (C=O) groups is 1. The first kappa shape index (κ1) is 15.6. The molecule has 0 aliphatic carbocycles. The maximum absolute atomic E-state index is 12.1. The molecule has 1 aromatic heterocycles. The predicted octanol–water partition coefficient (Wildman–Crippen LogP) is 2.19. The molecule has 0 atom stereocenters. The molecule has 1 aromatic rings. The third kappa shape index (κ3) is 4.99. The Labute approximate surface area is 115 Å². The standard InChI is InChI=1S/C15H25N3O/c1-11-6-7-13(12(2)18-11)14(19)17-10-15(3,4)8-5-9-16/h6-7H,5,8-10,16H2,1-4H3,(H,17,19). The Kier molecular flexibility index (Phi) is 5.48. The van der Waals surface area contributed by atoms with Gasteiger partial charge in [0.15, 0.2) is 0 Å². The van der Waals surface area contributed by atoms with E-state index in [9.17, 15) is 4.79 Å². The smallest absolute Gasteiger partial charge is 0.253 e. The van der Waals surface area contributed by atoms with Gasteiger partial charge in [-0.1, -0.05) is 13.8 Å². The number of hydrogen-bond acceptors (Lipinski definition) is 3. The van der Waals surface area contributed by atoms with Crippen molar-refractivity contribution in [3.63, 3.8) is 0 Å². The van der Waals surface area contributed by atoms with Crippen LogP contribution in [0.1, 0.15) is 48.4 Å². The molecule has 0 aromatic carbocycles. The van der Waals surface area contributed by atoms with E-state index in [4.69, 9.17) is 5.73 Å². The number of aromatic nitrogens is 1. The van der Waals surface area contributed by atoms with Gasteiger partial charge in [0, 0.05) is 12.2 Å². The van der Waals surface area contributed by atoms with E-state index in [0.29, 0.717) is 18.7 Å². The maximum Gasteiger partial charge on any atom is 0.253 e. The highest BCUT2D eigenvalue weighted by Gasteiger charge is 2.19. The number of hydrogen-bond donors (Lipinski definition) is 2. The first-order valence-corrected chi connectivity index (χ1v) is 6.78. The summed E-state index contributed by atoms with van der Waals surface area (Å²) in [6, 6.07) is 3.70. The van der Waals surface area contributed by atoms with Crippen LogP contribution in [0, 0.1) is 19.3 Å². The van der Waals surface area contributed by atoms with E-state index in [-0.39, 0.29) is 11.3 Å². The van der Waals surface area contributed by atoms with Crippen LogP contribution in [0.5, 0.6) is 0 Å². The highest BCUT2D eigenvalue weighted by atomic mass is 16.1. The Balaban J connectivity index is 2.60. The summed E-state index contributed by atoms with van der Waals surface area (Å²) in [5.41, 5.74) is 7.95. The van der Waals surface area contributed by atoms with Crippen LogP contribution in [0.4, 0.5) is 0 Å². The fourth-order valence-corrected chi connectivity index (χ4v) is 2.01. The quantitative estimate of drug-likeness (QED) is 0.826. The SMILES string of the molecule is Cc1ccc(C(=O)NCC(C)(C)CCCN)c(C)n1. The second kappa shape index (κ2) is 6.66. The molecule has 4 heteroatoms. The number of carbonyl (C=O) groups excluding carboxylic acids is 1. The van der Waals surface area contributed by atoms with Gasteiger partial charge in [0.25, 0.3) is 5.91 Å². The van der Waals surface area contributed by atoms with Gasteiger partial charge < -0.3 is 11.1 Å². The second-order valence-corrected chi connectivity index (χ2v) is 5.82. The number of aryl methyl sites for hydroxylation is 2. The van der Waals surface area contributed by atoms with Crippen molar-refractivity contribution in [3.8, 4) is 0 Å². The summed E-state index contributed by atoms with van der Waals surface area (Å²) in [7, 11) is 0. The molecule has 1 rings (SSSR count). The highest BCUT2D eigenvalue weighted by molar-refractivity contribution is 5.95. The largest absolute Gasteiger partial charge is 0.351 e. The lowest BCUT2D eigenvalue weighted by atomic mass is 9.87. The fraction of sp³-hybridized carbons (Fsp3) is 0.600. The van der Waals surface area contributed by atoms with Crippen LogP contribution < -0.4 is 11.1 Å². The summed E-state index contributed by atoms with van der Waals surface area (Å²) < 4.78 is 0. The van der Waals surface area contributed by atoms with Gasteiger partial charge in [0.1, 0.15) is 0 Å². The van der Waals surface area contributed by atoms with Crippen LogP contribution in [0.3, 0.4) is 0 Å². The topological polar surface area (TPSA) is 68.0 Å². The zero-order valence-corrected chi connectivity index (χ0v) is 12.4. The van der Waals surface area contributed by atoms with E-state index in [1.807, 2.05) is 26.0 Å². The normalized spacial score (nSPS) is 11.4. The van der Waals surface area contributed by atoms with Gasteiger partial charge in [0.05, 0.1) is 11.3 Å². The lowest BCUT2D eigenvalue weighted by molar-refractivity contribution is 0.0933. The van der Waals surface area contributed by atoms with E-state index in [0.717, 1.165) is 24.2 Å². The molecule has 0 aliphatic rings. The number of amides is 1. The molecule has 0 saturated carbocycles. The number of nitrogens with zero attached hydrogens (tertiary/aromatic N) is 1. The lowest BCUT2D eigenvalue weighted by Gasteiger charge is -2.24. The molecule has 0 spiro atoms. The molecular formula is C15H25N3O. The Bertz CT molecular complexity index is 441. The number of nitrogens with one attached hydrogen (secondary N) is 1. The molecule has 0 fully saturated rings. The minimum absolute atomic E-state index is 0.0502. The van der Waals surface area contributed by atoms with E-state index in [1.54, 1.807) is 0 Å². The van der Waals surface area contributed by atoms with Crippen molar-refractivity contribution in [1.29, 1.82) is 0 Å². The first-order valence-electron chi connectivity index (χ1n) is 6.78. The molecule has 19 heavy (non-hydrogen) atoms. The summed E-state index contributed by atoms with van der Waals surface area (Å²) in [6.45, 7) is 9.41. The van der Waals surface area contributed by atoms with Gasteiger partial charge in [-0.3, -0.25) is 9.78 Å². The van der Waals surface area contributed by atoms with Crippen molar-refractivity contribution in [1.82, 2.24) is 10.3 Å². The molecule has 3 N–H and O–H groups in total. The number of pyridine rings is 1. The summed E-state index contributed by atoms with van der Waals surface area (Å²) in [6.07, 6.45) is 1.99. The molecule has 106 valence electrons. The average molecular weight is 263 g/mol. The Morgan fingerprint density at radius 2 is 2.05 bits per heavy atom. The molecule has 1 amide bonds. The summed E-state index contributed by atoms with van der Waals surface area (Å²) in [5, 5.41) is 2.99. The van der Waals surface area contributed by atoms with Gasteiger partial charge in [-0.25, -0.2) is 0 Å². The lowest BCUT2D eigenvalue weighted by Crippen LogP contribution is -2.34. The number of nitrogens with two attached hydrogens (primary N) is 1. The van der Waals surface area contributed by atoms with Crippen LogP contribution in [0.25, 0.3) is 0 Å². The summed E-state index contributed by atoms with van der Waals surface area (Å²) in [5.74, 6) is -0.0502.